The number of anilines is 1. The van der Waals surface area contributed by atoms with Gasteiger partial charge in [0.05, 0.1) is 15.8 Å². The maximum atomic E-state index is 13.9. The molecule has 0 saturated heterocycles. The first-order valence-corrected chi connectivity index (χ1v) is 8.93. The highest BCUT2D eigenvalue weighted by molar-refractivity contribution is 7.10. The molecule has 24 heavy (non-hydrogen) atoms. The Balaban J connectivity index is 2.00. The number of carbonyl (C=O) groups excluding carboxylic acids is 1. The third-order valence-corrected chi connectivity index (χ3v) is 6.12. The first kappa shape index (κ1) is 15.5. The number of hydrogen-bond acceptors (Lipinski definition) is 4. The highest BCUT2D eigenvalue weighted by atomic mass is 32.1. The average Bonchev–Trinajstić information content (AvgIpc) is 2.94. The van der Waals surface area contributed by atoms with E-state index >= 15 is 0 Å². The maximum absolute atomic E-state index is 13.9. The minimum Gasteiger partial charge on any atom is -0.342 e. The van der Waals surface area contributed by atoms with Crippen LogP contribution < -0.4 is 5.32 Å². The Morgan fingerprint density at radius 1 is 1.25 bits per heavy atom. The second kappa shape index (κ2) is 4.99. The van der Waals surface area contributed by atoms with Gasteiger partial charge in [-0.25, -0.2) is 9.37 Å². The van der Waals surface area contributed by atoms with Crippen molar-refractivity contribution in [2.45, 2.75) is 39.0 Å². The summed E-state index contributed by atoms with van der Waals surface area (Å²) in [5, 5.41) is 3.37. The zero-order chi connectivity index (χ0) is 17.1. The van der Waals surface area contributed by atoms with Gasteiger partial charge in [-0.1, -0.05) is 26.0 Å². The maximum Gasteiger partial charge on any atom is 0.162 e. The molecule has 3 nitrogen and oxygen atoms in total. The van der Waals surface area contributed by atoms with Gasteiger partial charge in [0.2, 0.25) is 0 Å². The first-order valence-electron chi connectivity index (χ1n) is 8.05. The smallest absolute Gasteiger partial charge is 0.162 e. The van der Waals surface area contributed by atoms with Crippen LogP contribution in [0.1, 0.15) is 44.1 Å². The van der Waals surface area contributed by atoms with E-state index in [0.29, 0.717) is 6.42 Å². The van der Waals surface area contributed by atoms with E-state index in [9.17, 15) is 9.18 Å². The van der Waals surface area contributed by atoms with Gasteiger partial charge in [-0.2, -0.15) is 0 Å². The fourth-order valence-electron chi connectivity index (χ4n) is 4.03. The van der Waals surface area contributed by atoms with Gasteiger partial charge in [0.15, 0.2) is 5.78 Å². The van der Waals surface area contributed by atoms with Crippen LogP contribution in [0.25, 0.3) is 0 Å². The first-order chi connectivity index (χ1) is 11.3. The number of Topliss-reactive ketones (excluding diaryl/α,β-unsaturated/α-hetero) is 1. The van der Waals surface area contributed by atoms with E-state index in [4.69, 9.17) is 0 Å². The largest absolute Gasteiger partial charge is 0.342 e. The van der Waals surface area contributed by atoms with E-state index in [1.165, 1.54) is 23.5 Å². The van der Waals surface area contributed by atoms with Crippen LogP contribution in [0.15, 0.2) is 41.0 Å². The molecule has 1 atom stereocenters. The number of carbonyl (C=O) groups is 1. The molecule has 0 radical (unpaired) electrons. The lowest BCUT2D eigenvalue weighted by Crippen LogP contribution is -2.41. The standard InChI is InChI=1S/C19H19FN2OS/c1-18(2)8-13-15(14(23)9-18)19(3,11-5-4-6-12(20)7-11)16-17(22-13)21-10-24-16/h4-7,10,22H,8-9H2,1-3H3/t19-/m0/s1. The second-order valence-corrected chi connectivity index (χ2v) is 8.44. The zero-order valence-corrected chi connectivity index (χ0v) is 14.8. The SMILES string of the molecule is CC1(C)CC(=O)C2=C(C1)Nc1ncsc1[C@@]2(C)c1cccc(F)c1. The molecule has 124 valence electrons. The Kier molecular flexibility index (Phi) is 3.23. The highest BCUT2D eigenvalue weighted by Crippen LogP contribution is 2.53. The molecule has 1 aliphatic heterocycles. The van der Waals surface area contributed by atoms with Crippen molar-refractivity contribution in [3.63, 3.8) is 0 Å². The van der Waals surface area contributed by atoms with Gasteiger partial charge in [0.25, 0.3) is 0 Å². The molecule has 0 saturated carbocycles. The van der Waals surface area contributed by atoms with Crippen molar-refractivity contribution in [1.29, 1.82) is 0 Å². The van der Waals surface area contributed by atoms with E-state index in [0.717, 1.165) is 33.9 Å². The Bertz CT molecular complexity index is 883. The number of nitrogens with zero attached hydrogens (tertiary/aromatic N) is 1. The minimum atomic E-state index is -0.660. The summed E-state index contributed by atoms with van der Waals surface area (Å²) in [6.07, 6.45) is 1.29. The molecule has 4 rings (SSSR count). The summed E-state index contributed by atoms with van der Waals surface area (Å²) in [7, 11) is 0. The monoisotopic (exact) mass is 342 g/mol. The molecule has 0 unspecified atom stereocenters. The number of nitrogens with one attached hydrogen (secondary N) is 1. The van der Waals surface area contributed by atoms with E-state index in [1.54, 1.807) is 11.6 Å². The van der Waals surface area contributed by atoms with Gasteiger partial charge in [-0.3, -0.25) is 4.79 Å². The predicted octanol–water partition coefficient (Wildman–Crippen LogP) is 4.66. The number of aromatic nitrogens is 1. The molecule has 1 N–H and O–H groups in total. The van der Waals surface area contributed by atoms with Crippen LogP contribution in [0.4, 0.5) is 10.2 Å². The summed E-state index contributed by atoms with van der Waals surface area (Å²) in [6, 6.07) is 6.57. The van der Waals surface area contributed by atoms with E-state index in [-0.39, 0.29) is 17.0 Å². The molecule has 5 heteroatoms. The van der Waals surface area contributed by atoms with Gasteiger partial charge in [-0.05, 0) is 36.5 Å². The van der Waals surface area contributed by atoms with Gasteiger partial charge in [0.1, 0.15) is 11.6 Å². The van der Waals surface area contributed by atoms with Gasteiger partial charge in [0, 0.05) is 17.7 Å². The van der Waals surface area contributed by atoms with Crippen LogP contribution in [0, 0.1) is 11.2 Å². The molecule has 0 bridgehead atoms. The summed E-state index contributed by atoms with van der Waals surface area (Å²) >= 11 is 1.51. The van der Waals surface area contributed by atoms with Crippen molar-refractivity contribution in [2.24, 2.45) is 5.41 Å². The van der Waals surface area contributed by atoms with Crippen molar-refractivity contribution in [3.05, 3.63) is 57.3 Å². The molecule has 2 heterocycles. The quantitative estimate of drug-likeness (QED) is 0.820. The lowest BCUT2D eigenvalue weighted by Gasteiger charge is -2.43. The normalized spacial score (nSPS) is 25.1. The molecule has 1 aromatic carbocycles. The number of halogens is 1. The van der Waals surface area contributed by atoms with Crippen LogP contribution in [0.5, 0.6) is 0 Å². The zero-order valence-electron chi connectivity index (χ0n) is 13.9. The van der Waals surface area contributed by atoms with Crippen LogP contribution in [0.2, 0.25) is 0 Å². The number of fused-ring (bicyclic) bond motifs is 1. The lowest BCUT2D eigenvalue weighted by atomic mass is 9.64. The Labute approximate surface area is 144 Å². The topological polar surface area (TPSA) is 42.0 Å². The molecule has 0 spiro atoms. The Hall–Kier alpha value is -2.01. The predicted molar refractivity (Wildman–Crippen MR) is 93.6 cm³/mol. The third kappa shape index (κ3) is 2.14. The molecule has 0 fully saturated rings. The highest BCUT2D eigenvalue weighted by Gasteiger charge is 2.48. The Morgan fingerprint density at radius 3 is 2.79 bits per heavy atom. The van der Waals surface area contributed by atoms with Crippen LogP contribution in [0.3, 0.4) is 0 Å². The number of rotatable bonds is 1. The number of allylic oxidation sites excluding steroid dienone is 2. The number of ketones is 1. The van der Waals surface area contributed by atoms with E-state index < -0.39 is 5.41 Å². The van der Waals surface area contributed by atoms with Crippen molar-refractivity contribution < 1.29 is 9.18 Å². The van der Waals surface area contributed by atoms with Crippen molar-refractivity contribution in [1.82, 2.24) is 4.98 Å². The second-order valence-electron chi connectivity index (χ2n) is 7.58. The molecular weight excluding hydrogens is 323 g/mol. The van der Waals surface area contributed by atoms with Crippen LogP contribution >= 0.6 is 11.3 Å². The molecule has 2 aliphatic rings. The lowest BCUT2D eigenvalue weighted by molar-refractivity contribution is -0.118. The molecule has 2 aromatic rings. The fourth-order valence-corrected chi connectivity index (χ4v) is 4.96. The Morgan fingerprint density at radius 2 is 2.04 bits per heavy atom. The summed E-state index contributed by atoms with van der Waals surface area (Å²) in [5.74, 6) is 0.639. The van der Waals surface area contributed by atoms with Crippen molar-refractivity contribution in [2.75, 3.05) is 5.32 Å². The van der Waals surface area contributed by atoms with Gasteiger partial charge >= 0.3 is 0 Å². The van der Waals surface area contributed by atoms with Gasteiger partial charge in [-0.15, -0.1) is 11.3 Å². The van der Waals surface area contributed by atoms with Crippen molar-refractivity contribution in [3.8, 4) is 0 Å². The van der Waals surface area contributed by atoms with Crippen LogP contribution in [-0.4, -0.2) is 10.8 Å². The third-order valence-electron chi connectivity index (χ3n) is 5.07. The molecule has 1 aliphatic carbocycles. The van der Waals surface area contributed by atoms with Crippen molar-refractivity contribution >= 4 is 22.9 Å². The van der Waals surface area contributed by atoms with E-state index in [1.807, 2.05) is 13.0 Å². The number of benzene rings is 1. The summed E-state index contributed by atoms with van der Waals surface area (Å²) in [6.45, 7) is 6.23. The summed E-state index contributed by atoms with van der Waals surface area (Å²) in [4.78, 5) is 18.4. The number of hydrogen-bond donors (Lipinski definition) is 1. The van der Waals surface area contributed by atoms with E-state index in [2.05, 4.69) is 24.1 Å². The average molecular weight is 342 g/mol. The minimum absolute atomic E-state index is 0.0840. The summed E-state index contributed by atoms with van der Waals surface area (Å²) < 4.78 is 13.9. The van der Waals surface area contributed by atoms with Gasteiger partial charge < -0.3 is 5.32 Å². The van der Waals surface area contributed by atoms with Crippen LogP contribution in [-0.2, 0) is 10.2 Å². The fraction of sp³-hybridized carbons (Fsp3) is 0.368. The molecule has 1 aromatic heterocycles. The summed E-state index contributed by atoms with van der Waals surface area (Å²) in [5.41, 5.74) is 3.54. The number of thiazole rings is 1. The molecular formula is C19H19FN2OS. The molecule has 0 amide bonds.